The summed E-state index contributed by atoms with van der Waals surface area (Å²) < 4.78 is 26.7. The van der Waals surface area contributed by atoms with Crippen LogP contribution >= 0.6 is 0 Å². The van der Waals surface area contributed by atoms with Gasteiger partial charge in [-0.25, -0.2) is 13.1 Å². The van der Waals surface area contributed by atoms with Gasteiger partial charge in [0.25, 0.3) is 0 Å². The molecule has 4 nitrogen and oxygen atoms in total. The molecule has 1 saturated carbocycles. The van der Waals surface area contributed by atoms with Crippen molar-refractivity contribution >= 4 is 10.0 Å². The van der Waals surface area contributed by atoms with Crippen molar-refractivity contribution in [2.75, 3.05) is 12.3 Å². The SMILES string of the molecule is CC(Cc1ccccc1)NS(=O)(=O)CCCNC1CC1. The summed E-state index contributed by atoms with van der Waals surface area (Å²) in [6.07, 6.45) is 3.86. The molecule has 1 aliphatic rings. The first-order valence-corrected chi connectivity index (χ1v) is 8.98. The van der Waals surface area contributed by atoms with Crippen LogP contribution in [0.2, 0.25) is 0 Å². The zero-order valence-electron chi connectivity index (χ0n) is 12.0. The van der Waals surface area contributed by atoms with Crippen LogP contribution in [0, 0.1) is 0 Å². The normalized spacial score (nSPS) is 17.1. The van der Waals surface area contributed by atoms with Crippen molar-refractivity contribution in [2.24, 2.45) is 0 Å². The Hall–Kier alpha value is -0.910. The molecule has 1 aromatic carbocycles. The maximum atomic E-state index is 12.0. The highest BCUT2D eigenvalue weighted by Gasteiger charge is 2.20. The molecule has 0 amide bonds. The van der Waals surface area contributed by atoms with Gasteiger partial charge in [-0.1, -0.05) is 30.3 Å². The monoisotopic (exact) mass is 296 g/mol. The Morgan fingerprint density at radius 2 is 1.95 bits per heavy atom. The number of nitrogens with one attached hydrogen (secondary N) is 2. The van der Waals surface area contributed by atoms with E-state index in [1.807, 2.05) is 37.3 Å². The molecule has 1 aromatic rings. The largest absolute Gasteiger partial charge is 0.314 e. The van der Waals surface area contributed by atoms with Crippen LogP contribution in [0.5, 0.6) is 0 Å². The Balaban J connectivity index is 1.69. The van der Waals surface area contributed by atoms with E-state index in [0.29, 0.717) is 12.5 Å². The van der Waals surface area contributed by atoms with Crippen LogP contribution in [0.3, 0.4) is 0 Å². The molecule has 0 heterocycles. The van der Waals surface area contributed by atoms with Crippen LogP contribution in [0.1, 0.15) is 31.7 Å². The molecule has 1 aliphatic carbocycles. The van der Waals surface area contributed by atoms with Crippen LogP contribution in [0.25, 0.3) is 0 Å². The van der Waals surface area contributed by atoms with E-state index in [-0.39, 0.29) is 11.8 Å². The lowest BCUT2D eigenvalue weighted by Crippen LogP contribution is -2.36. The summed E-state index contributed by atoms with van der Waals surface area (Å²) in [4.78, 5) is 0. The van der Waals surface area contributed by atoms with E-state index < -0.39 is 10.0 Å². The average molecular weight is 296 g/mol. The lowest BCUT2D eigenvalue weighted by atomic mass is 10.1. The molecular formula is C15H24N2O2S. The van der Waals surface area contributed by atoms with Gasteiger partial charge in [-0.2, -0.15) is 0 Å². The molecule has 1 atom stereocenters. The average Bonchev–Trinajstić information content (AvgIpc) is 3.19. The third kappa shape index (κ3) is 6.03. The minimum Gasteiger partial charge on any atom is -0.314 e. The highest BCUT2D eigenvalue weighted by Crippen LogP contribution is 2.18. The standard InChI is InChI=1S/C15H24N2O2S/c1-13(12-14-6-3-2-4-7-14)17-20(18,19)11-5-10-16-15-8-9-15/h2-4,6-7,13,15-17H,5,8-12H2,1H3. The summed E-state index contributed by atoms with van der Waals surface area (Å²) >= 11 is 0. The van der Waals surface area contributed by atoms with Crippen molar-refractivity contribution in [3.8, 4) is 0 Å². The molecule has 0 aliphatic heterocycles. The zero-order chi connectivity index (χ0) is 14.4. The van der Waals surface area contributed by atoms with Gasteiger partial charge < -0.3 is 5.32 Å². The lowest BCUT2D eigenvalue weighted by molar-refractivity contribution is 0.554. The fourth-order valence-electron chi connectivity index (χ4n) is 2.23. The van der Waals surface area contributed by atoms with Crippen molar-refractivity contribution in [3.63, 3.8) is 0 Å². The minimum absolute atomic E-state index is 0.0706. The van der Waals surface area contributed by atoms with Gasteiger partial charge in [0.2, 0.25) is 10.0 Å². The Morgan fingerprint density at radius 1 is 1.25 bits per heavy atom. The van der Waals surface area contributed by atoms with Gasteiger partial charge in [-0.05, 0) is 44.7 Å². The number of hydrogen-bond donors (Lipinski definition) is 2. The van der Waals surface area contributed by atoms with E-state index in [1.54, 1.807) is 0 Å². The lowest BCUT2D eigenvalue weighted by Gasteiger charge is -2.14. The molecule has 1 unspecified atom stereocenters. The molecule has 0 saturated heterocycles. The van der Waals surface area contributed by atoms with Crippen molar-refractivity contribution < 1.29 is 8.42 Å². The Labute approximate surface area is 122 Å². The van der Waals surface area contributed by atoms with Gasteiger partial charge in [0.05, 0.1) is 5.75 Å². The predicted molar refractivity (Wildman–Crippen MR) is 82.2 cm³/mol. The van der Waals surface area contributed by atoms with Crippen LogP contribution in [-0.4, -0.2) is 32.8 Å². The topological polar surface area (TPSA) is 58.2 Å². The quantitative estimate of drug-likeness (QED) is 0.682. The van der Waals surface area contributed by atoms with Gasteiger partial charge in [0, 0.05) is 12.1 Å². The molecule has 20 heavy (non-hydrogen) atoms. The van der Waals surface area contributed by atoms with Crippen molar-refractivity contribution in [1.82, 2.24) is 10.0 Å². The Bertz CT molecular complexity index is 498. The van der Waals surface area contributed by atoms with Gasteiger partial charge in [-0.15, -0.1) is 0 Å². The first-order valence-electron chi connectivity index (χ1n) is 7.32. The van der Waals surface area contributed by atoms with E-state index in [9.17, 15) is 8.42 Å². The maximum Gasteiger partial charge on any atom is 0.211 e. The summed E-state index contributed by atoms with van der Waals surface area (Å²) in [6, 6.07) is 10.5. The summed E-state index contributed by atoms with van der Waals surface area (Å²) in [5.74, 6) is 0.200. The number of benzene rings is 1. The van der Waals surface area contributed by atoms with Crippen molar-refractivity contribution in [3.05, 3.63) is 35.9 Å². The van der Waals surface area contributed by atoms with E-state index >= 15 is 0 Å². The highest BCUT2D eigenvalue weighted by molar-refractivity contribution is 7.89. The highest BCUT2D eigenvalue weighted by atomic mass is 32.2. The third-order valence-electron chi connectivity index (χ3n) is 3.37. The molecule has 0 aromatic heterocycles. The van der Waals surface area contributed by atoms with Gasteiger partial charge in [-0.3, -0.25) is 0 Å². The van der Waals surface area contributed by atoms with Crippen LogP contribution < -0.4 is 10.0 Å². The molecule has 0 radical (unpaired) electrons. The second kappa shape index (κ2) is 7.20. The van der Waals surface area contributed by atoms with Crippen molar-refractivity contribution in [2.45, 2.75) is 44.7 Å². The second-order valence-electron chi connectivity index (χ2n) is 5.61. The first kappa shape index (κ1) is 15.5. The Kier molecular flexibility index (Phi) is 5.57. The van der Waals surface area contributed by atoms with Gasteiger partial charge in [0.1, 0.15) is 0 Å². The molecule has 5 heteroatoms. The maximum absolute atomic E-state index is 12.0. The van der Waals surface area contributed by atoms with Crippen molar-refractivity contribution in [1.29, 1.82) is 0 Å². The number of hydrogen-bond acceptors (Lipinski definition) is 3. The van der Waals surface area contributed by atoms with E-state index in [4.69, 9.17) is 0 Å². The van der Waals surface area contributed by atoms with E-state index in [0.717, 1.165) is 18.5 Å². The second-order valence-corrected chi connectivity index (χ2v) is 7.48. The molecule has 0 bridgehead atoms. The van der Waals surface area contributed by atoms with E-state index in [2.05, 4.69) is 10.0 Å². The third-order valence-corrected chi connectivity index (χ3v) is 4.95. The fourth-order valence-corrected chi connectivity index (χ4v) is 3.57. The Morgan fingerprint density at radius 3 is 2.60 bits per heavy atom. The molecule has 2 rings (SSSR count). The number of sulfonamides is 1. The summed E-state index contributed by atoms with van der Waals surface area (Å²) in [5.41, 5.74) is 1.15. The summed E-state index contributed by atoms with van der Waals surface area (Å²) in [5, 5.41) is 3.33. The molecule has 1 fully saturated rings. The van der Waals surface area contributed by atoms with Crippen LogP contribution in [0.15, 0.2) is 30.3 Å². The molecular weight excluding hydrogens is 272 g/mol. The summed E-state index contributed by atoms with van der Waals surface area (Å²) in [7, 11) is -3.17. The molecule has 2 N–H and O–H groups in total. The van der Waals surface area contributed by atoms with Gasteiger partial charge >= 0.3 is 0 Å². The smallest absolute Gasteiger partial charge is 0.211 e. The fraction of sp³-hybridized carbons (Fsp3) is 0.600. The molecule has 112 valence electrons. The van der Waals surface area contributed by atoms with E-state index in [1.165, 1.54) is 12.8 Å². The van der Waals surface area contributed by atoms with Gasteiger partial charge in [0.15, 0.2) is 0 Å². The minimum atomic E-state index is -3.17. The first-order chi connectivity index (χ1) is 9.55. The number of rotatable bonds is 9. The predicted octanol–water partition coefficient (Wildman–Crippen LogP) is 1.68. The zero-order valence-corrected chi connectivity index (χ0v) is 12.8. The molecule has 0 spiro atoms. The van der Waals surface area contributed by atoms with Crippen LogP contribution in [0.4, 0.5) is 0 Å². The summed E-state index contributed by atoms with van der Waals surface area (Å²) in [6.45, 7) is 2.70. The van der Waals surface area contributed by atoms with Crippen LogP contribution in [-0.2, 0) is 16.4 Å².